The average Bonchev–Trinajstić information content (AvgIpc) is 2.87. The van der Waals surface area contributed by atoms with E-state index in [0.717, 1.165) is 37.8 Å². The molecule has 102 valence electrons. The lowest BCUT2D eigenvalue weighted by Crippen LogP contribution is -2.22. The van der Waals surface area contributed by atoms with E-state index in [2.05, 4.69) is 17.9 Å². The fourth-order valence-corrected chi connectivity index (χ4v) is 2.60. The molecule has 0 aliphatic carbocycles. The van der Waals surface area contributed by atoms with E-state index in [1.807, 2.05) is 13.0 Å². The molecule has 0 saturated carbocycles. The molecule has 4 heteroatoms. The molecule has 1 aromatic rings. The van der Waals surface area contributed by atoms with Crippen LogP contribution in [-0.4, -0.2) is 37.7 Å². The molecular weight excluding hydrogens is 228 g/mol. The minimum absolute atomic E-state index is 0.608. The van der Waals surface area contributed by atoms with Crippen molar-refractivity contribution in [3.63, 3.8) is 0 Å². The Kier molecular flexibility index (Phi) is 4.80. The number of ether oxygens (including phenoxy) is 1. The van der Waals surface area contributed by atoms with Gasteiger partial charge in [-0.1, -0.05) is 6.92 Å². The van der Waals surface area contributed by atoms with Gasteiger partial charge >= 0.3 is 0 Å². The minimum atomic E-state index is 0.608. The van der Waals surface area contributed by atoms with Gasteiger partial charge in [0, 0.05) is 19.6 Å². The van der Waals surface area contributed by atoms with E-state index in [0.29, 0.717) is 25.0 Å². The Hall–Kier alpha value is -0.840. The maximum Gasteiger partial charge on any atom is 0.118 e. The molecule has 0 aromatic carbocycles. The number of rotatable bonds is 6. The molecule has 2 atom stereocenters. The summed E-state index contributed by atoms with van der Waals surface area (Å²) >= 11 is 0. The van der Waals surface area contributed by atoms with Crippen LogP contribution in [0.15, 0.2) is 16.5 Å². The van der Waals surface area contributed by atoms with E-state index in [1.165, 1.54) is 0 Å². The number of furan rings is 1. The highest BCUT2D eigenvalue weighted by Crippen LogP contribution is 2.25. The Bertz CT molecular complexity index is 364. The van der Waals surface area contributed by atoms with E-state index in [9.17, 15) is 0 Å². The average molecular weight is 252 g/mol. The second kappa shape index (κ2) is 6.36. The van der Waals surface area contributed by atoms with Crippen molar-refractivity contribution in [2.24, 2.45) is 17.6 Å². The largest absolute Gasteiger partial charge is 0.465 e. The van der Waals surface area contributed by atoms with E-state index in [-0.39, 0.29) is 0 Å². The summed E-state index contributed by atoms with van der Waals surface area (Å²) in [5.74, 6) is 3.34. The summed E-state index contributed by atoms with van der Waals surface area (Å²) in [7, 11) is 0. The summed E-state index contributed by atoms with van der Waals surface area (Å²) in [4.78, 5) is 2.44. The highest BCUT2D eigenvalue weighted by molar-refractivity contribution is 5.05. The van der Waals surface area contributed by atoms with Gasteiger partial charge in [0.25, 0.3) is 0 Å². The van der Waals surface area contributed by atoms with Crippen LogP contribution in [0.3, 0.4) is 0 Å². The Labute approximate surface area is 109 Å². The Morgan fingerprint density at radius 2 is 2.28 bits per heavy atom. The monoisotopic (exact) mass is 252 g/mol. The second-order valence-electron chi connectivity index (χ2n) is 5.31. The smallest absolute Gasteiger partial charge is 0.118 e. The van der Waals surface area contributed by atoms with Crippen molar-refractivity contribution in [1.29, 1.82) is 0 Å². The fourth-order valence-electron chi connectivity index (χ4n) is 2.60. The Morgan fingerprint density at radius 1 is 1.44 bits per heavy atom. The van der Waals surface area contributed by atoms with Crippen LogP contribution in [-0.2, 0) is 11.3 Å². The van der Waals surface area contributed by atoms with Crippen LogP contribution in [0.1, 0.15) is 18.4 Å². The van der Waals surface area contributed by atoms with E-state index in [4.69, 9.17) is 14.9 Å². The summed E-state index contributed by atoms with van der Waals surface area (Å²) in [5, 5.41) is 0. The molecule has 1 aliphatic heterocycles. The summed E-state index contributed by atoms with van der Waals surface area (Å²) < 4.78 is 11.2. The summed E-state index contributed by atoms with van der Waals surface area (Å²) in [6.45, 7) is 9.50. The lowest BCUT2D eigenvalue weighted by atomic mass is 9.99. The first-order chi connectivity index (χ1) is 8.69. The molecule has 0 radical (unpaired) electrons. The molecule has 1 aromatic heterocycles. The van der Waals surface area contributed by atoms with E-state index >= 15 is 0 Å². The predicted molar refractivity (Wildman–Crippen MR) is 71.2 cm³/mol. The molecule has 18 heavy (non-hydrogen) atoms. The van der Waals surface area contributed by atoms with Gasteiger partial charge in [0.1, 0.15) is 11.5 Å². The summed E-state index contributed by atoms with van der Waals surface area (Å²) in [6, 6.07) is 4.09. The first-order valence-corrected chi connectivity index (χ1v) is 6.74. The van der Waals surface area contributed by atoms with Crippen LogP contribution >= 0.6 is 0 Å². The normalized spacial score (nSPS) is 24.8. The zero-order valence-corrected chi connectivity index (χ0v) is 11.4. The van der Waals surface area contributed by atoms with Crippen molar-refractivity contribution < 1.29 is 9.15 Å². The number of hydrogen-bond donors (Lipinski definition) is 1. The molecule has 1 saturated heterocycles. The number of nitrogens with zero attached hydrogens (tertiary/aromatic N) is 1. The molecule has 0 spiro atoms. The standard InChI is InChI=1S/C14H24N2O2/c1-11-7-16(8-13(11)10-17-6-5-15)9-14-4-3-12(2)18-14/h3-4,11,13H,5-10,15H2,1-2H3. The number of hydrogen-bond acceptors (Lipinski definition) is 4. The third-order valence-electron chi connectivity index (χ3n) is 3.61. The van der Waals surface area contributed by atoms with Crippen molar-refractivity contribution in [2.45, 2.75) is 20.4 Å². The van der Waals surface area contributed by atoms with Crippen LogP contribution in [0, 0.1) is 18.8 Å². The first kappa shape index (κ1) is 13.6. The van der Waals surface area contributed by atoms with Crippen molar-refractivity contribution in [3.05, 3.63) is 23.7 Å². The van der Waals surface area contributed by atoms with Crippen molar-refractivity contribution >= 4 is 0 Å². The van der Waals surface area contributed by atoms with Gasteiger partial charge in [-0.05, 0) is 30.9 Å². The Balaban J connectivity index is 1.79. The molecule has 1 aliphatic rings. The molecular formula is C14H24N2O2. The maximum absolute atomic E-state index is 5.62. The number of likely N-dealkylation sites (tertiary alicyclic amines) is 1. The van der Waals surface area contributed by atoms with Crippen LogP contribution in [0.5, 0.6) is 0 Å². The third kappa shape index (κ3) is 3.57. The van der Waals surface area contributed by atoms with Crippen LogP contribution in [0.25, 0.3) is 0 Å². The van der Waals surface area contributed by atoms with E-state index in [1.54, 1.807) is 0 Å². The topological polar surface area (TPSA) is 51.6 Å². The van der Waals surface area contributed by atoms with Crippen LogP contribution in [0.2, 0.25) is 0 Å². The molecule has 4 nitrogen and oxygen atoms in total. The third-order valence-corrected chi connectivity index (χ3v) is 3.61. The van der Waals surface area contributed by atoms with Crippen molar-refractivity contribution in [2.75, 3.05) is 32.8 Å². The SMILES string of the molecule is Cc1ccc(CN2CC(C)C(COCCN)C2)o1. The molecule has 0 amide bonds. The van der Waals surface area contributed by atoms with Gasteiger partial charge in [0.2, 0.25) is 0 Å². The Morgan fingerprint density at radius 3 is 2.94 bits per heavy atom. The van der Waals surface area contributed by atoms with Gasteiger partial charge in [-0.3, -0.25) is 4.90 Å². The van der Waals surface area contributed by atoms with Gasteiger partial charge in [0.15, 0.2) is 0 Å². The molecule has 2 N–H and O–H groups in total. The van der Waals surface area contributed by atoms with Crippen molar-refractivity contribution in [1.82, 2.24) is 4.90 Å². The van der Waals surface area contributed by atoms with Gasteiger partial charge in [-0.2, -0.15) is 0 Å². The molecule has 2 heterocycles. The second-order valence-corrected chi connectivity index (χ2v) is 5.31. The van der Waals surface area contributed by atoms with Crippen LogP contribution < -0.4 is 5.73 Å². The zero-order chi connectivity index (χ0) is 13.0. The first-order valence-electron chi connectivity index (χ1n) is 6.74. The van der Waals surface area contributed by atoms with Gasteiger partial charge in [0.05, 0.1) is 19.8 Å². The number of aryl methyl sites for hydroxylation is 1. The fraction of sp³-hybridized carbons (Fsp3) is 0.714. The maximum atomic E-state index is 5.62. The highest BCUT2D eigenvalue weighted by atomic mass is 16.5. The van der Waals surface area contributed by atoms with Gasteiger partial charge in [-0.25, -0.2) is 0 Å². The quantitative estimate of drug-likeness (QED) is 0.782. The lowest BCUT2D eigenvalue weighted by molar-refractivity contribution is 0.0965. The molecule has 2 rings (SSSR count). The summed E-state index contributed by atoms with van der Waals surface area (Å²) in [6.07, 6.45) is 0. The molecule has 1 fully saturated rings. The lowest BCUT2D eigenvalue weighted by Gasteiger charge is -2.14. The molecule has 0 bridgehead atoms. The summed E-state index contributed by atoms with van der Waals surface area (Å²) in [5.41, 5.74) is 5.43. The van der Waals surface area contributed by atoms with Crippen molar-refractivity contribution in [3.8, 4) is 0 Å². The van der Waals surface area contributed by atoms with Crippen LogP contribution in [0.4, 0.5) is 0 Å². The van der Waals surface area contributed by atoms with Gasteiger partial charge in [-0.15, -0.1) is 0 Å². The van der Waals surface area contributed by atoms with Gasteiger partial charge < -0.3 is 14.9 Å². The zero-order valence-electron chi connectivity index (χ0n) is 11.4. The van der Waals surface area contributed by atoms with E-state index < -0.39 is 0 Å². The molecule has 2 unspecified atom stereocenters. The predicted octanol–water partition coefficient (Wildman–Crippen LogP) is 1.63. The number of nitrogens with two attached hydrogens (primary N) is 1. The highest BCUT2D eigenvalue weighted by Gasteiger charge is 2.29. The minimum Gasteiger partial charge on any atom is -0.465 e.